The van der Waals surface area contributed by atoms with Crippen LogP contribution < -0.4 is 0 Å². The molecule has 0 fully saturated rings. The predicted molar refractivity (Wildman–Crippen MR) is 47.3 cm³/mol. The van der Waals surface area contributed by atoms with E-state index in [1.54, 1.807) is 19.3 Å². The van der Waals surface area contributed by atoms with Crippen molar-refractivity contribution in [2.45, 2.75) is 0 Å². The van der Waals surface area contributed by atoms with Crippen LogP contribution in [0.5, 0.6) is 0 Å². The molecule has 0 unspecified atom stereocenters. The van der Waals surface area contributed by atoms with Crippen LogP contribution in [0.15, 0.2) is 24.6 Å². The molecule has 1 aliphatic rings. The van der Waals surface area contributed by atoms with Gasteiger partial charge in [0.05, 0.1) is 22.9 Å². The Bertz CT molecular complexity index is 212. The molecular formula is C6H7IN2O. The number of carbonyl (C=O) groups is 1. The highest BCUT2D eigenvalue weighted by Crippen LogP contribution is 2.17. The molecule has 10 heavy (non-hydrogen) atoms. The first-order chi connectivity index (χ1) is 4.63. The quantitative estimate of drug-likeness (QED) is 0.474. The van der Waals surface area contributed by atoms with Crippen molar-refractivity contribution < 1.29 is 4.79 Å². The van der Waals surface area contributed by atoms with E-state index in [4.69, 9.17) is 0 Å². The van der Waals surface area contributed by atoms with Gasteiger partial charge in [-0.05, 0) is 6.08 Å². The third-order valence-electron chi connectivity index (χ3n) is 1.21. The highest BCUT2D eigenvalue weighted by Gasteiger charge is 2.18. The lowest BCUT2D eigenvalue weighted by molar-refractivity contribution is 0.213. The first-order valence-electron chi connectivity index (χ1n) is 2.72. The van der Waals surface area contributed by atoms with Gasteiger partial charge in [0.25, 0.3) is 0 Å². The average Bonchev–Trinajstić information content (AvgIpc) is 1.93. The molecule has 0 N–H and O–H groups in total. The molecule has 0 saturated heterocycles. The summed E-state index contributed by atoms with van der Waals surface area (Å²) < 4.78 is 1.47. The van der Waals surface area contributed by atoms with E-state index >= 15 is 0 Å². The number of amides is 2. The maximum Gasteiger partial charge on any atom is 0.337 e. The third kappa shape index (κ3) is 1.16. The Labute approximate surface area is 73.5 Å². The predicted octanol–water partition coefficient (Wildman–Crippen LogP) is 1.73. The van der Waals surface area contributed by atoms with Crippen LogP contribution in [0.25, 0.3) is 0 Å². The average molecular weight is 250 g/mol. The molecule has 0 aromatic heterocycles. The minimum absolute atomic E-state index is 0.0619. The van der Waals surface area contributed by atoms with Crippen LogP contribution in [-0.2, 0) is 0 Å². The van der Waals surface area contributed by atoms with Crippen LogP contribution in [0, 0.1) is 0 Å². The highest BCUT2D eigenvalue weighted by molar-refractivity contribution is 14.1. The van der Waals surface area contributed by atoms with Gasteiger partial charge < -0.3 is 4.90 Å². The number of rotatable bonds is 0. The van der Waals surface area contributed by atoms with Crippen molar-refractivity contribution in [3.8, 4) is 0 Å². The number of hydrogen-bond donors (Lipinski definition) is 0. The van der Waals surface area contributed by atoms with Crippen molar-refractivity contribution in [2.75, 3.05) is 7.05 Å². The van der Waals surface area contributed by atoms with Crippen LogP contribution in [0.3, 0.4) is 0 Å². The van der Waals surface area contributed by atoms with Crippen molar-refractivity contribution in [1.29, 1.82) is 0 Å². The van der Waals surface area contributed by atoms with Crippen molar-refractivity contribution in [1.82, 2.24) is 8.01 Å². The maximum atomic E-state index is 11.1. The van der Waals surface area contributed by atoms with E-state index in [1.165, 1.54) is 8.01 Å². The zero-order valence-corrected chi connectivity index (χ0v) is 7.70. The summed E-state index contributed by atoms with van der Waals surface area (Å²) in [4.78, 5) is 12.6. The van der Waals surface area contributed by atoms with E-state index in [0.29, 0.717) is 5.70 Å². The van der Waals surface area contributed by atoms with Crippen molar-refractivity contribution in [3.05, 3.63) is 24.6 Å². The van der Waals surface area contributed by atoms with Gasteiger partial charge in [0.1, 0.15) is 0 Å². The smallest absolute Gasteiger partial charge is 0.303 e. The molecule has 2 amide bonds. The van der Waals surface area contributed by atoms with Crippen molar-refractivity contribution >= 4 is 28.9 Å². The van der Waals surface area contributed by atoms with E-state index in [-0.39, 0.29) is 6.03 Å². The van der Waals surface area contributed by atoms with Crippen LogP contribution >= 0.6 is 22.9 Å². The van der Waals surface area contributed by atoms with Gasteiger partial charge in [-0.3, -0.25) is 0 Å². The van der Waals surface area contributed by atoms with Gasteiger partial charge in [-0.2, -0.15) is 0 Å². The standard InChI is InChI=1S/C6H7IN2O/c1-5-3-4-8(2)6(10)9(5)7/h3-4H,1H2,2H3. The normalized spacial score (nSPS) is 18.6. The summed E-state index contributed by atoms with van der Waals surface area (Å²) in [6.07, 6.45) is 3.48. The molecule has 0 spiro atoms. The van der Waals surface area contributed by atoms with Gasteiger partial charge in [-0.25, -0.2) is 7.91 Å². The van der Waals surface area contributed by atoms with Gasteiger partial charge in [0.2, 0.25) is 0 Å². The van der Waals surface area contributed by atoms with Crippen LogP contribution in [0.2, 0.25) is 0 Å². The zero-order chi connectivity index (χ0) is 7.72. The fourth-order valence-corrected chi connectivity index (χ4v) is 1.09. The molecule has 0 atom stereocenters. The Morgan fingerprint density at radius 2 is 2.30 bits per heavy atom. The molecule has 0 radical (unpaired) electrons. The van der Waals surface area contributed by atoms with Gasteiger partial charge in [-0.15, -0.1) is 0 Å². The Balaban J connectivity index is 2.89. The molecule has 0 aromatic rings. The Morgan fingerprint density at radius 1 is 1.70 bits per heavy atom. The molecule has 3 nitrogen and oxygen atoms in total. The van der Waals surface area contributed by atoms with E-state index in [1.807, 2.05) is 22.9 Å². The van der Waals surface area contributed by atoms with Crippen LogP contribution in [0.4, 0.5) is 4.79 Å². The first-order valence-corrected chi connectivity index (χ1v) is 3.69. The van der Waals surface area contributed by atoms with E-state index in [9.17, 15) is 4.79 Å². The monoisotopic (exact) mass is 250 g/mol. The Morgan fingerprint density at radius 3 is 2.80 bits per heavy atom. The summed E-state index contributed by atoms with van der Waals surface area (Å²) in [5.74, 6) is 0. The molecule has 0 aliphatic carbocycles. The van der Waals surface area contributed by atoms with Crippen molar-refractivity contribution in [3.63, 3.8) is 0 Å². The second kappa shape index (κ2) is 2.61. The molecule has 1 aliphatic heterocycles. The molecule has 1 heterocycles. The molecule has 0 aromatic carbocycles. The minimum atomic E-state index is -0.0619. The number of carbonyl (C=O) groups excluding carboxylic acids is 1. The lowest BCUT2D eigenvalue weighted by Crippen LogP contribution is -2.33. The molecule has 0 saturated carbocycles. The van der Waals surface area contributed by atoms with Gasteiger partial charge in [0, 0.05) is 18.9 Å². The second-order valence-electron chi connectivity index (χ2n) is 1.98. The highest BCUT2D eigenvalue weighted by atomic mass is 127. The maximum absolute atomic E-state index is 11.1. The molecule has 0 bridgehead atoms. The molecule has 4 heteroatoms. The lowest BCUT2D eigenvalue weighted by Gasteiger charge is -2.24. The summed E-state index contributed by atoms with van der Waals surface area (Å²) in [5, 5.41) is 0. The molecular weight excluding hydrogens is 243 g/mol. The number of nitrogens with zero attached hydrogens (tertiary/aromatic N) is 2. The van der Waals surface area contributed by atoms with E-state index in [2.05, 4.69) is 6.58 Å². The fraction of sp³-hybridized carbons (Fsp3) is 0.167. The molecule has 54 valence electrons. The summed E-state index contributed by atoms with van der Waals surface area (Å²) in [6, 6.07) is -0.0619. The largest absolute Gasteiger partial charge is 0.337 e. The minimum Gasteiger partial charge on any atom is -0.303 e. The zero-order valence-electron chi connectivity index (χ0n) is 5.54. The summed E-state index contributed by atoms with van der Waals surface area (Å²) in [7, 11) is 1.71. The summed E-state index contributed by atoms with van der Waals surface area (Å²) >= 11 is 1.92. The second-order valence-corrected chi connectivity index (χ2v) is 2.95. The van der Waals surface area contributed by atoms with Crippen molar-refractivity contribution in [2.24, 2.45) is 0 Å². The Hall–Kier alpha value is -0.520. The van der Waals surface area contributed by atoms with E-state index in [0.717, 1.165) is 0 Å². The summed E-state index contributed by atoms with van der Waals surface area (Å²) in [5.41, 5.74) is 0.712. The van der Waals surface area contributed by atoms with Crippen LogP contribution in [0.1, 0.15) is 0 Å². The fourth-order valence-electron chi connectivity index (χ4n) is 0.588. The van der Waals surface area contributed by atoms with Gasteiger partial charge in [0.15, 0.2) is 0 Å². The topological polar surface area (TPSA) is 23.6 Å². The van der Waals surface area contributed by atoms with Crippen LogP contribution in [-0.4, -0.2) is 21.1 Å². The van der Waals surface area contributed by atoms with Gasteiger partial charge >= 0.3 is 6.03 Å². The van der Waals surface area contributed by atoms with E-state index < -0.39 is 0 Å². The Kier molecular flexibility index (Phi) is 1.98. The third-order valence-corrected chi connectivity index (χ3v) is 2.24. The SMILES string of the molecule is C=C1C=CN(C)C(=O)N1I. The molecule has 1 rings (SSSR count). The number of halogens is 1. The summed E-state index contributed by atoms with van der Waals surface area (Å²) in [6.45, 7) is 3.66. The number of hydrogen-bond acceptors (Lipinski definition) is 1. The first kappa shape index (κ1) is 7.59. The lowest BCUT2D eigenvalue weighted by atomic mass is 10.4. The van der Waals surface area contributed by atoms with Gasteiger partial charge in [-0.1, -0.05) is 6.58 Å². The number of urea groups is 1. The number of allylic oxidation sites excluding steroid dienone is 1.